The van der Waals surface area contributed by atoms with Crippen molar-refractivity contribution in [1.29, 1.82) is 0 Å². The van der Waals surface area contributed by atoms with Crippen molar-refractivity contribution in [3.63, 3.8) is 0 Å². The van der Waals surface area contributed by atoms with E-state index < -0.39 is 29.4 Å². The van der Waals surface area contributed by atoms with E-state index >= 15 is 4.39 Å². The molecule has 3 aromatic rings. The number of unbranched alkanes of at least 4 members (excludes halogenated alkanes) is 4. The summed E-state index contributed by atoms with van der Waals surface area (Å²) >= 11 is 0. The summed E-state index contributed by atoms with van der Waals surface area (Å²) in [5, 5.41) is 0. The summed E-state index contributed by atoms with van der Waals surface area (Å²) in [6.45, 7) is 6.34. The number of ether oxygens (including phenoxy) is 1. The van der Waals surface area contributed by atoms with E-state index in [0.717, 1.165) is 38.5 Å². The summed E-state index contributed by atoms with van der Waals surface area (Å²) in [7, 11) is 0. The first-order valence-corrected chi connectivity index (χ1v) is 13.2. The number of hydrogen-bond donors (Lipinski definition) is 0. The van der Waals surface area contributed by atoms with Gasteiger partial charge in [-0.15, -0.1) is 6.58 Å². The van der Waals surface area contributed by atoms with Gasteiger partial charge in [0, 0.05) is 22.6 Å². The van der Waals surface area contributed by atoms with E-state index in [9.17, 15) is 13.2 Å². The van der Waals surface area contributed by atoms with Crippen molar-refractivity contribution < 1.29 is 22.3 Å². The molecule has 0 radical (unpaired) electrons. The molecule has 0 aliphatic carbocycles. The van der Waals surface area contributed by atoms with Gasteiger partial charge in [-0.2, -0.15) is 0 Å². The molecule has 1 aliphatic heterocycles. The lowest BCUT2D eigenvalue weighted by Gasteiger charge is -2.28. The number of hydrogen-bond acceptors (Lipinski definition) is 1. The Kier molecular flexibility index (Phi) is 9.20. The molecule has 0 N–H and O–H groups in total. The summed E-state index contributed by atoms with van der Waals surface area (Å²) in [5.74, 6) is -3.33. The molecule has 1 saturated heterocycles. The standard InChI is InChI=1S/C32H34F4O/c1-3-5-6-7-8-9-24-15-16-25(30(34)29(24)33)22-11-13-23(14-12-22)26-17-18-27(32(36)31(26)35)28-19-10-21(4-2)20-37-28/h4,11-18,21,28H,2-3,5-10,19-20H2,1H3. The molecule has 0 saturated carbocycles. The van der Waals surface area contributed by atoms with Crippen LogP contribution in [0.2, 0.25) is 0 Å². The summed E-state index contributed by atoms with van der Waals surface area (Å²) < 4.78 is 65.4. The largest absolute Gasteiger partial charge is 0.373 e. The highest BCUT2D eigenvalue weighted by atomic mass is 19.2. The van der Waals surface area contributed by atoms with Crippen molar-refractivity contribution in [1.82, 2.24) is 0 Å². The highest BCUT2D eigenvalue weighted by Crippen LogP contribution is 2.36. The maximum absolute atomic E-state index is 15.0. The van der Waals surface area contributed by atoms with Gasteiger partial charge in [0.2, 0.25) is 0 Å². The predicted octanol–water partition coefficient (Wildman–Crippen LogP) is 9.74. The molecule has 3 aromatic carbocycles. The highest BCUT2D eigenvalue weighted by Gasteiger charge is 2.26. The number of halogens is 4. The van der Waals surface area contributed by atoms with Gasteiger partial charge in [-0.3, -0.25) is 0 Å². The van der Waals surface area contributed by atoms with Crippen LogP contribution in [0.5, 0.6) is 0 Å². The fourth-order valence-electron chi connectivity index (χ4n) is 4.99. The lowest BCUT2D eigenvalue weighted by atomic mass is 9.92. The van der Waals surface area contributed by atoms with Gasteiger partial charge in [0.05, 0.1) is 12.7 Å². The van der Waals surface area contributed by atoms with Gasteiger partial charge in [0.15, 0.2) is 23.3 Å². The third-order valence-corrected chi connectivity index (χ3v) is 7.32. The zero-order chi connectivity index (χ0) is 26.4. The van der Waals surface area contributed by atoms with Crippen LogP contribution in [0.25, 0.3) is 22.3 Å². The summed E-state index contributed by atoms with van der Waals surface area (Å²) in [6, 6.07) is 12.7. The Hall–Kier alpha value is -2.92. The quantitative estimate of drug-likeness (QED) is 0.150. The fraction of sp³-hybridized carbons (Fsp3) is 0.375. The first-order valence-electron chi connectivity index (χ1n) is 13.2. The Balaban J connectivity index is 1.49. The topological polar surface area (TPSA) is 9.23 Å². The molecule has 0 bridgehead atoms. The normalized spacial score (nSPS) is 17.6. The highest BCUT2D eigenvalue weighted by molar-refractivity contribution is 5.71. The van der Waals surface area contributed by atoms with Gasteiger partial charge in [-0.05, 0) is 42.4 Å². The molecule has 196 valence electrons. The first kappa shape index (κ1) is 27.1. The van der Waals surface area contributed by atoms with Crippen molar-refractivity contribution in [2.24, 2.45) is 5.92 Å². The molecule has 2 unspecified atom stereocenters. The van der Waals surface area contributed by atoms with E-state index in [-0.39, 0.29) is 22.6 Å². The molecule has 4 rings (SSSR count). The van der Waals surface area contributed by atoms with Crippen LogP contribution in [0.3, 0.4) is 0 Å². The SMILES string of the molecule is C=CC1CCC(c2ccc(-c3ccc(-c4ccc(CCCCCCC)c(F)c4F)cc3)c(F)c2F)OC1. The van der Waals surface area contributed by atoms with E-state index in [0.29, 0.717) is 36.1 Å². The molecule has 0 spiro atoms. The van der Waals surface area contributed by atoms with Crippen LogP contribution >= 0.6 is 0 Å². The van der Waals surface area contributed by atoms with Crippen molar-refractivity contribution in [3.05, 3.63) is 95.6 Å². The molecule has 1 heterocycles. The Morgan fingerprint density at radius 1 is 0.757 bits per heavy atom. The Morgan fingerprint density at radius 3 is 1.97 bits per heavy atom. The zero-order valence-electron chi connectivity index (χ0n) is 21.3. The summed E-state index contributed by atoms with van der Waals surface area (Å²) in [4.78, 5) is 0. The smallest absolute Gasteiger partial charge is 0.167 e. The van der Waals surface area contributed by atoms with Gasteiger partial charge in [0.25, 0.3) is 0 Å². The number of rotatable bonds is 10. The van der Waals surface area contributed by atoms with Gasteiger partial charge in [-0.25, -0.2) is 17.6 Å². The first-order chi connectivity index (χ1) is 17.9. The number of benzene rings is 3. The molecule has 37 heavy (non-hydrogen) atoms. The van der Waals surface area contributed by atoms with Gasteiger partial charge < -0.3 is 4.74 Å². The average molecular weight is 511 g/mol. The van der Waals surface area contributed by atoms with E-state index in [2.05, 4.69) is 13.5 Å². The molecule has 5 heteroatoms. The Morgan fingerprint density at radius 2 is 1.38 bits per heavy atom. The van der Waals surface area contributed by atoms with Gasteiger partial charge >= 0.3 is 0 Å². The third-order valence-electron chi connectivity index (χ3n) is 7.32. The summed E-state index contributed by atoms with van der Waals surface area (Å²) in [5.41, 5.74) is 1.77. The zero-order valence-corrected chi connectivity index (χ0v) is 21.3. The second kappa shape index (κ2) is 12.6. The minimum Gasteiger partial charge on any atom is -0.373 e. The van der Waals surface area contributed by atoms with E-state index in [1.54, 1.807) is 48.5 Å². The molecule has 1 aliphatic rings. The molecule has 1 nitrogen and oxygen atoms in total. The predicted molar refractivity (Wildman–Crippen MR) is 141 cm³/mol. The van der Waals surface area contributed by atoms with Crippen LogP contribution in [0.1, 0.15) is 69.1 Å². The van der Waals surface area contributed by atoms with Gasteiger partial charge in [0.1, 0.15) is 0 Å². The van der Waals surface area contributed by atoms with Crippen molar-refractivity contribution in [2.75, 3.05) is 6.61 Å². The van der Waals surface area contributed by atoms with Crippen LogP contribution in [0.15, 0.2) is 61.2 Å². The van der Waals surface area contributed by atoms with Crippen molar-refractivity contribution >= 4 is 0 Å². The lowest BCUT2D eigenvalue weighted by molar-refractivity contribution is -0.00732. The Bertz CT molecular complexity index is 1210. The van der Waals surface area contributed by atoms with Gasteiger partial charge in [-0.1, -0.05) is 87.2 Å². The second-order valence-corrected chi connectivity index (χ2v) is 9.87. The van der Waals surface area contributed by atoms with Crippen LogP contribution in [-0.2, 0) is 11.2 Å². The minimum atomic E-state index is -0.944. The van der Waals surface area contributed by atoms with Crippen LogP contribution in [0.4, 0.5) is 17.6 Å². The summed E-state index contributed by atoms with van der Waals surface area (Å²) in [6.07, 6.45) is 8.47. The molecular weight excluding hydrogens is 476 g/mol. The lowest BCUT2D eigenvalue weighted by Crippen LogP contribution is -2.20. The molecule has 0 amide bonds. The Labute approximate surface area is 217 Å². The van der Waals surface area contributed by atoms with E-state index in [1.807, 2.05) is 6.08 Å². The number of aryl methyl sites for hydroxylation is 1. The monoisotopic (exact) mass is 510 g/mol. The molecular formula is C32H34F4O. The molecule has 0 aromatic heterocycles. The maximum Gasteiger partial charge on any atom is 0.167 e. The fourth-order valence-corrected chi connectivity index (χ4v) is 4.99. The van der Waals surface area contributed by atoms with Crippen molar-refractivity contribution in [2.45, 2.75) is 64.4 Å². The molecule has 1 fully saturated rings. The van der Waals surface area contributed by atoms with Crippen LogP contribution < -0.4 is 0 Å². The van der Waals surface area contributed by atoms with E-state index in [4.69, 9.17) is 4.74 Å². The minimum absolute atomic E-state index is 0.109. The van der Waals surface area contributed by atoms with E-state index in [1.165, 1.54) is 0 Å². The maximum atomic E-state index is 15.0. The molecule has 2 atom stereocenters. The van der Waals surface area contributed by atoms with Crippen molar-refractivity contribution in [3.8, 4) is 22.3 Å². The average Bonchev–Trinajstić information content (AvgIpc) is 2.93. The van der Waals surface area contributed by atoms with Crippen LogP contribution in [-0.4, -0.2) is 6.61 Å². The third kappa shape index (κ3) is 6.15. The van der Waals surface area contributed by atoms with Crippen LogP contribution in [0, 0.1) is 29.2 Å². The second-order valence-electron chi connectivity index (χ2n) is 9.87.